The minimum atomic E-state index is -0.418. The average Bonchev–Trinajstić information content (AvgIpc) is 3.58. The van der Waals surface area contributed by atoms with Gasteiger partial charge in [-0.05, 0) is 43.7 Å². The van der Waals surface area contributed by atoms with Crippen LogP contribution in [0.3, 0.4) is 0 Å². The van der Waals surface area contributed by atoms with Crippen molar-refractivity contribution in [3.63, 3.8) is 0 Å². The van der Waals surface area contributed by atoms with Gasteiger partial charge in [0.2, 0.25) is 0 Å². The third-order valence-corrected chi connectivity index (χ3v) is 9.04. The number of rotatable bonds is 7. The van der Waals surface area contributed by atoms with E-state index in [0.717, 1.165) is 49.5 Å². The molecule has 6 heterocycles. The number of aromatic amines is 1. The van der Waals surface area contributed by atoms with Crippen LogP contribution in [0.4, 0.5) is 0 Å². The van der Waals surface area contributed by atoms with E-state index in [9.17, 15) is 9.59 Å². The number of thiophene rings is 1. The van der Waals surface area contributed by atoms with Crippen LogP contribution in [0.2, 0.25) is 0 Å². The Balaban J connectivity index is 0.00000176. The lowest BCUT2D eigenvalue weighted by Crippen LogP contribution is -2.34. The summed E-state index contributed by atoms with van der Waals surface area (Å²) in [6, 6.07) is 9.71. The van der Waals surface area contributed by atoms with Crippen molar-refractivity contribution in [3.05, 3.63) is 75.3 Å². The topological polar surface area (TPSA) is 115 Å². The van der Waals surface area contributed by atoms with Gasteiger partial charge in [-0.25, -0.2) is 14.8 Å². The molecule has 2 aliphatic rings. The van der Waals surface area contributed by atoms with Crippen molar-refractivity contribution >= 4 is 56.7 Å². The SMILES string of the molecule is COc1cccc2c1[C@@H]1CN(CCCCn3c(=O)[nH]c4c(sc5ncc(-c6cccnc6)nc54)c3=O)C[C@H]1CO2.Cl.Cl. The first-order chi connectivity index (χ1) is 19.6. The summed E-state index contributed by atoms with van der Waals surface area (Å²) in [6.07, 6.45) is 6.68. The van der Waals surface area contributed by atoms with Gasteiger partial charge < -0.3 is 19.4 Å². The molecule has 1 saturated heterocycles. The zero-order valence-electron chi connectivity index (χ0n) is 22.8. The highest BCUT2D eigenvalue weighted by molar-refractivity contribution is 7.25. The largest absolute Gasteiger partial charge is 0.496 e. The summed E-state index contributed by atoms with van der Waals surface area (Å²) in [5.74, 6) is 2.64. The molecule has 0 unspecified atom stereocenters. The van der Waals surface area contributed by atoms with Crippen molar-refractivity contribution in [2.75, 3.05) is 33.4 Å². The zero-order chi connectivity index (χ0) is 27.2. The maximum atomic E-state index is 13.3. The molecule has 2 atom stereocenters. The van der Waals surface area contributed by atoms with Gasteiger partial charge in [-0.1, -0.05) is 6.07 Å². The number of unbranched alkanes of at least 4 members (excludes halogenated alkanes) is 1. The molecule has 1 aromatic carbocycles. The molecule has 42 heavy (non-hydrogen) atoms. The summed E-state index contributed by atoms with van der Waals surface area (Å²) >= 11 is 1.26. The van der Waals surface area contributed by atoms with Crippen LogP contribution in [0.15, 0.2) is 58.5 Å². The van der Waals surface area contributed by atoms with Crippen LogP contribution in [-0.4, -0.2) is 62.8 Å². The average molecular weight is 630 g/mol. The normalized spacial score (nSPS) is 17.6. The van der Waals surface area contributed by atoms with Crippen molar-refractivity contribution in [2.45, 2.75) is 25.3 Å². The maximum Gasteiger partial charge on any atom is 0.328 e. The van der Waals surface area contributed by atoms with E-state index in [1.165, 1.54) is 21.5 Å². The number of nitrogens with one attached hydrogen (secondary N) is 1. The van der Waals surface area contributed by atoms with Gasteiger partial charge in [-0.2, -0.15) is 0 Å². The fourth-order valence-electron chi connectivity index (χ4n) is 6.02. The first kappa shape index (κ1) is 30.0. The van der Waals surface area contributed by atoms with Gasteiger partial charge in [0.25, 0.3) is 5.56 Å². The first-order valence-corrected chi connectivity index (χ1v) is 14.3. The van der Waals surface area contributed by atoms with Gasteiger partial charge in [-0.15, -0.1) is 36.2 Å². The second-order valence-corrected chi connectivity index (χ2v) is 11.4. The van der Waals surface area contributed by atoms with Crippen LogP contribution in [0.5, 0.6) is 11.5 Å². The van der Waals surface area contributed by atoms with E-state index >= 15 is 0 Å². The molecule has 4 aromatic heterocycles. The Hall–Kier alpha value is -3.51. The molecule has 0 amide bonds. The Labute approximate surface area is 257 Å². The van der Waals surface area contributed by atoms with E-state index in [2.05, 4.69) is 24.8 Å². The monoisotopic (exact) mass is 628 g/mol. The summed E-state index contributed by atoms with van der Waals surface area (Å²) in [6.45, 7) is 3.91. The zero-order valence-corrected chi connectivity index (χ0v) is 25.3. The third kappa shape index (κ3) is 5.26. The van der Waals surface area contributed by atoms with Crippen LogP contribution in [0, 0.1) is 5.92 Å². The van der Waals surface area contributed by atoms with E-state index in [-0.39, 0.29) is 30.4 Å². The predicted octanol–water partition coefficient (Wildman–Crippen LogP) is 4.50. The van der Waals surface area contributed by atoms with Crippen molar-refractivity contribution < 1.29 is 9.47 Å². The van der Waals surface area contributed by atoms with Crippen molar-refractivity contribution in [2.24, 2.45) is 5.92 Å². The van der Waals surface area contributed by atoms with Gasteiger partial charge in [0, 0.05) is 55.0 Å². The van der Waals surface area contributed by atoms with E-state index in [1.54, 1.807) is 25.7 Å². The third-order valence-electron chi connectivity index (χ3n) is 7.97. The molecular formula is C29H30Cl2N6O4S. The number of hydrogen-bond acceptors (Lipinski definition) is 9. The molecule has 1 fully saturated rings. The molecule has 10 nitrogen and oxygen atoms in total. The molecule has 5 aromatic rings. The number of hydrogen-bond donors (Lipinski definition) is 1. The molecule has 0 bridgehead atoms. The van der Waals surface area contributed by atoms with Crippen molar-refractivity contribution in [1.29, 1.82) is 0 Å². The molecule has 220 valence electrons. The van der Waals surface area contributed by atoms with Gasteiger partial charge in [-0.3, -0.25) is 14.3 Å². The number of nitrogens with zero attached hydrogens (tertiary/aromatic N) is 5. The minimum Gasteiger partial charge on any atom is -0.496 e. The number of likely N-dealkylation sites (tertiary alicyclic amines) is 1. The Bertz CT molecular complexity index is 1830. The molecule has 0 spiro atoms. The fourth-order valence-corrected chi connectivity index (χ4v) is 7.01. The van der Waals surface area contributed by atoms with Gasteiger partial charge in [0.15, 0.2) is 0 Å². The molecular weight excluding hydrogens is 599 g/mol. The van der Waals surface area contributed by atoms with E-state index < -0.39 is 5.69 Å². The highest BCUT2D eigenvalue weighted by Crippen LogP contribution is 2.46. The predicted molar refractivity (Wildman–Crippen MR) is 168 cm³/mol. The van der Waals surface area contributed by atoms with Crippen LogP contribution in [-0.2, 0) is 6.54 Å². The highest BCUT2D eigenvalue weighted by Gasteiger charge is 2.40. The Morgan fingerprint density at radius 2 is 1.95 bits per heavy atom. The van der Waals surface area contributed by atoms with Crippen molar-refractivity contribution in [1.82, 2.24) is 29.4 Å². The summed E-state index contributed by atoms with van der Waals surface area (Å²) in [5, 5.41) is 0. The van der Waals surface area contributed by atoms with Gasteiger partial charge in [0.05, 0.1) is 31.1 Å². The van der Waals surface area contributed by atoms with Crippen LogP contribution < -0.4 is 20.7 Å². The standard InChI is InChI=1S/C29H28N6O4S.2ClH/c1-38-21-7-4-8-22-23(21)19-15-34(14-18(19)16-39-22)10-2-3-11-35-28(36)26-24(33-29(35)37)25-27(40-26)31-13-20(32-25)17-6-5-9-30-12-17;;/h4-9,12-13,18-19H,2-3,10-11,14-16H2,1H3,(H,33,37);2*1H/t18-,19+;;/m0../s1. The second-order valence-electron chi connectivity index (χ2n) is 10.4. The van der Waals surface area contributed by atoms with E-state index in [4.69, 9.17) is 9.47 Å². The summed E-state index contributed by atoms with van der Waals surface area (Å²) in [4.78, 5) is 45.6. The molecule has 0 aliphatic carbocycles. The number of pyridine rings is 1. The molecule has 1 N–H and O–H groups in total. The minimum absolute atomic E-state index is 0. The Morgan fingerprint density at radius 1 is 1.10 bits per heavy atom. The fraction of sp³-hybridized carbons (Fsp3) is 0.345. The second kappa shape index (κ2) is 12.4. The highest BCUT2D eigenvalue weighted by atomic mass is 35.5. The lowest BCUT2D eigenvalue weighted by atomic mass is 9.86. The quantitative estimate of drug-likeness (QED) is 0.262. The molecule has 0 radical (unpaired) electrons. The van der Waals surface area contributed by atoms with Crippen LogP contribution in [0.1, 0.15) is 24.3 Å². The summed E-state index contributed by atoms with van der Waals surface area (Å²) < 4.78 is 13.4. The first-order valence-electron chi connectivity index (χ1n) is 13.5. The van der Waals surface area contributed by atoms with Gasteiger partial charge >= 0.3 is 5.69 Å². The van der Waals surface area contributed by atoms with Gasteiger partial charge in [0.1, 0.15) is 26.5 Å². The number of halogens is 2. The number of ether oxygens (including phenoxy) is 2. The molecule has 0 saturated carbocycles. The lowest BCUT2D eigenvalue weighted by Gasteiger charge is -2.29. The number of aromatic nitrogens is 5. The molecule has 13 heteroatoms. The van der Waals surface area contributed by atoms with E-state index in [1.807, 2.05) is 30.3 Å². The Morgan fingerprint density at radius 3 is 2.76 bits per heavy atom. The smallest absolute Gasteiger partial charge is 0.328 e. The maximum absolute atomic E-state index is 13.3. The number of methoxy groups -OCH3 is 1. The van der Waals surface area contributed by atoms with Crippen LogP contribution in [0.25, 0.3) is 31.8 Å². The molecule has 2 aliphatic heterocycles. The van der Waals surface area contributed by atoms with E-state index in [0.29, 0.717) is 51.2 Å². The number of H-pyrrole nitrogens is 1. The molecule has 7 rings (SSSR count). The van der Waals surface area contributed by atoms with Crippen LogP contribution >= 0.6 is 36.2 Å². The summed E-state index contributed by atoms with van der Waals surface area (Å²) in [7, 11) is 1.71. The Kier molecular flexibility index (Phi) is 8.84. The number of benzene rings is 1. The number of fused-ring (bicyclic) bond motifs is 6. The lowest BCUT2D eigenvalue weighted by molar-refractivity contribution is 0.209. The summed E-state index contributed by atoms with van der Waals surface area (Å²) in [5.41, 5.74) is 2.90. The van der Waals surface area contributed by atoms with Crippen molar-refractivity contribution in [3.8, 4) is 22.8 Å².